The molecule has 11 nitrogen and oxygen atoms in total. The zero-order chi connectivity index (χ0) is 31.1. The molecule has 222 valence electrons. The molecule has 1 atom stereocenters. The van der Waals surface area contributed by atoms with E-state index >= 15 is 0 Å². The van der Waals surface area contributed by atoms with E-state index in [9.17, 15) is 27.7 Å². The summed E-state index contributed by atoms with van der Waals surface area (Å²) in [7, 11) is -4.60. The Morgan fingerprint density at radius 2 is 1.57 bits per heavy atom. The number of hydrogen-bond acceptors (Lipinski definition) is 8. The molecule has 0 aromatic heterocycles. The number of nitrogens with zero attached hydrogens (tertiary/aromatic N) is 1. The number of benzene rings is 4. The van der Waals surface area contributed by atoms with Crippen molar-refractivity contribution in [1.82, 2.24) is 16.3 Å². The first-order chi connectivity index (χ1) is 20.4. The Kier molecular flexibility index (Phi) is 12.9. The van der Waals surface area contributed by atoms with Gasteiger partial charge in [0.2, 0.25) is 0 Å². The average Bonchev–Trinajstić information content (AvgIpc) is 2.97. The van der Waals surface area contributed by atoms with Crippen LogP contribution in [-0.2, 0) is 26.1 Å². The molecule has 0 spiro atoms. The average molecular weight is 771 g/mol. The number of hydrogen-bond donors (Lipinski definition) is 5. The second-order valence-electron chi connectivity index (χ2n) is 9.05. The number of carbonyl (C=O) groups excluding carboxylic acids is 2. The van der Waals surface area contributed by atoms with E-state index in [2.05, 4.69) is 58.6 Å². The first kappa shape index (κ1) is 35.6. The Morgan fingerprint density at radius 1 is 0.932 bits per heavy atom. The molecule has 4 rings (SSSR count). The maximum atomic E-state index is 13.2. The summed E-state index contributed by atoms with van der Waals surface area (Å²) < 4.78 is 34.2. The van der Waals surface area contributed by atoms with Gasteiger partial charge in [-0.3, -0.25) is 20.4 Å². The standard InChI is InChI=1S/C28H23Br2N5O6S2.Na/c29-23-13-17(14-24(30)25(23)36)15-31-33-26(37)22(12-16-5-6-18-3-1-2-4-19(18)11-16)27(38)34-35-28(42)32-20-7-9-21(10-8-20)43(39,40)41;/h1-11,13-15,22,36H,12H2,(H,33,37)(H,34,38)(H2,32,35,42)(H,39,40,41);/q;+1/p-1/b31-15+;. The molecule has 0 fully saturated rings. The quantitative estimate of drug-likeness (QED) is 0.0443. The third kappa shape index (κ3) is 9.81. The van der Waals surface area contributed by atoms with Crippen molar-refractivity contribution in [2.24, 2.45) is 11.0 Å². The van der Waals surface area contributed by atoms with Crippen LogP contribution < -0.4 is 51.2 Å². The van der Waals surface area contributed by atoms with E-state index in [1.54, 1.807) is 12.1 Å². The smallest absolute Gasteiger partial charge is 0.744 e. The van der Waals surface area contributed by atoms with Gasteiger partial charge in [-0.25, -0.2) is 13.8 Å². The van der Waals surface area contributed by atoms with Gasteiger partial charge in [-0.15, -0.1) is 0 Å². The molecular formula is C28H22Br2N5NaO6S2. The number of hydrazine groups is 1. The molecule has 4 aromatic rings. The summed E-state index contributed by atoms with van der Waals surface area (Å²) in [6.45, 7) is 0. The Bertz CT molecular complexity index is 1820. The first-order valence-corrected chi connectivity index (χ1v) is 15.7. The summed E-state index contributed by atoms with van der Waals surface area (Å²) in [5, 5.41) is 18.5. The largest absolute Gasteiger partial charge is 1.00 e. The fraction of sp³-hybridized carbons (Fsp3) is 0.0714. The molecule has 1 unspecified atom stereocenters. The van der Waals surface area contributed by atoms with Crippen LogP contribution in [-0.4, -0.2) is 41.2 Å². The molecule has 0 saturated heterocycles. The van der Waals surface area contributed by atoms with Gasteiger partial charge in [0, 0.05) is 5.69 Å². The number of rotatable bonds is 8. The first-order valence-electron chi connectivity index (χ1n) is 12.3. The summed E-state index contributed by atoms with van der Waals surface area (Å²) in [6, 6.07) is 21.4. The van der Waals surface area contributed by atoms with Crippen LogP contribution in [0.2, 0.25) is 0 Å². The SMILES string of the molecule is O=C(N/N=C/c1cc(Br)c(O)c(Br)c1)C(Cc1ccc2ccccc2c1)C(=O)NNC(=S)Nc1ccc(S(=O)(=O)[O-])cc1.[Na+]. The maximum absolute atomic E-state index is 13.2. The summed E-state index contributed by atoms with van der Waals surface area (Å²) in [4.78, 5) is 26.0. The normalized spacial score (nSPS) is 11.8. The summed E-state index contributed by atoms with van der Waals surface area (Å²) >= 11 is 11.7. The van der Waals surface area contributed by atoms with Crippen LogP contribution in [0, 0.1) is 5.92 Å². The van der Waals surface area contributed by atoms with E-state index in [4.69, 9.17) is 12.2 Å². The summed E-state index contributed by atoms with van der Waals surface area (Å²) in [5.41, 5.74) is 8.97. The number of thiocarbonyl (C=S) groups is 1. The molecule has 0 aliphatic heterocycles. The molecule has 0 aliphatic carbocycles. The molecule has 5 N–H and O–H groups in total. The van der Waals surface area contributed by atoms with Gasteiger partial charge < -0.3 is 15.0 Å². The number of phenols is 1. The van der Waals surface area contributed by atoms with Gasteiger partial charge in [0.05, 0.1) is 20.1 Å². The van der Waals surface area contributed by atoms with E-state index in [1.807, 2.05) is 42.5 Å². The minimum atomic E-state index is -4.60. The number of carbonyl (C=O) groups is 2. The fourth-order valence-electron chi connectivity index (χ4n) is 3.89. The number of hydrazone groups is 1. The zero-order valence-corrected chi connectivity index (χ0v) is 29.7. The maximum Gasteiger partial charge on any atom is 1.00 e. The Hall–Kier alpha value is -2.89. The van der Waals surface area contributed by atoms with E-state index in [0.717, 1.165) is 28.5 Å². The topological polar surface area (TPSA) is 172 Å². The van der Waals surface area contributed by atoms with Gasteiger partial charge in [0.1, 0.15) is 21.8 Å². The van der Waals surface area contributed by atoms with Crippen molar-refractivity contribution in [3.05, 3.63) is 98.9 Å². The molecule has 0 bridgehead atoms. The van der Waals surface area contributed by atoms with Crippen molar-refractivity contribution in [3.63, 3.8) is 0 Å². The molecule has 4 aromatic carbocycles. The van der Waals surface area contributed by atoms with Crippen molar-refractivity contribution in [3.8, 4) is 5.75 Å². The van der Waals surface area contributed by atoms with Crippen molar-refractivity contribution in [2.75, 3.05) is 5.32 Å². The zero-order valence-electron chi connectivity index (χ0n) is 22.9. The number of amides is 2. The van der Waals surface area contributed by atoms with E-state index in [0.29, 0.717) is 20.2 Å². The predicted molar refractivity (Wildman–Crippen MR) is 172 cm³/mol. The second-order valence-corrected chi connectivity index (χ2v) is 12.5. The second kappa shape index (κ2) is 15.9. The molecule has 0 saturated carbocycles. The Balaban J connectivity index is 0.00000529. The van der Waals surface area contributed by atoms with Crippen molar-refractivity contribution in [1.29, 1.82) is 0 Å². The van der Waals surface area contributed by atoms with Crippen LogP contribution in [0.15, 0.2) is 97.8 Å². The van der Waals surface area contributed by atoms with Gasteiger partial charge in [-0.2, -0.15) is 5.10 Å². The minimum absolute atomic E-state index is 0. The molecule has 0 heterocycles. The monoisotopic (exact) mass is 769 g/mol. The predicted octanol–water partition coefficient (Wildman–Crippen LogP) is 1.31. The van der Waals surface area contributed by atoms with E-state index in [-0.39, 0.29) is 46.8 Å². The van der Waals surface area contributed by atoms with Crippen molar-refractivity contribution in [2.45, 2.75) is 11.3 Å². The van der Waals surface area contributed by atoms with Gasteiger partial charge in [0.15, 0.2) is 5.11 Å². The van der Waals surface area contributed by atoms with Crippen LogP contribution >= 0.6 is 44.1 Å². The van der Waals surface area contributed by atoms with Gasteiger partial charge in [-0.05, 0) is 109 Å². The number of anilines is 1. The minimum Gasteiger partial charge on any atom is -0.744 e. The summed E-state index contributed by atoms with van der Waals surface area (Å²) in [5.74, 6) is -2.60. The van der Waals surface area contributed by atoms with Crippen molar-refractivity contribution >= 4 is 93.8 Å². The van der Waals surface area contributed by atoms with Gasteiger partial charge >= 0.3 is 29.6 Å². The molecule has 16 heteroatoms. The van der Waals surface area contributed by atoms with E-state index < -0.39 is 32.7 Å². The molecule has 0 aliphatic rings. The summed E-state index contributed by atoms with van der Waals surface area (Å²) in [6.07, 6.45) is 1.40. The number of fused-ring (bicyclic) bond motifs is 1. The van der Waals surface area contributed by atoms with Crippen LogP contribution in [0.1, 0.15) is 11.1 Å². The van der Waals surface area contributed by atoms with Crippen LogP contribution in [0.3, 0.4) is 0 Å². The number of nitrogens with one attached hydrogen (secondary N) is 4. The third-order valence-electron chi connectivity index (χ3n) is 6.01. The van der Waals surface area contributed by atoms with Crippen LogP contribution in [0.4, 0.5) is 5.69 Å². The molecular weight excluding hydrogens is 749 g/mol. The number of aromatic hydroxyl groups is 1. The molecule has 44 heavy (non-hydrogen) atoms. The van der Waals surface area contributed by atoms with Gasteiger partial charge in [-0.1, -0.05) is 42.5 Å². The Morgan fingerprint density at radius 3 is 2.20 bits per heavy atom. The van der Waals surface area contributed by atoms with E-state index in [1.165, 1.54) is 18.3 Å². The van der Waals surface area contributed by atoms with Crippen LogP contribution in [0.25, 0.3) is 10.8 Å². The van der Waals surface area contributed by atoms with Crippen LogP contribution in [0.5, 0.6) is 5.75 Å². The third-order valence-corrected chi connectivity index (χ3v) is 8.28. The fourth-order valence-corrected chi connectivity index (χ4v) is 5.75. The van der Waals surface area contributed by atoms with Crippen molar-refractivity contribution < 1.29 is 57.2 Å². The Labute approximate surface area is 297 Å². The number of halogens is 2. The molecule has 2 amide bonds. The van der Waals surface area contributed by atoms with Gasteiger partial charge in [0.25, 0.3) is 11.8 Å². The molecule has 0 radical (unpaired) electrons. The number of phenolic OH excluding ortho intramolecular Hbond substituents is 1.